The predicted molar refractivity (Wildman–Crippen MR) is 56.4 cm³/mol. The van der Waals surface area contributed by atoms with Crippen molar-refractivity contribution in [2.24, 2.45) is 0 Å². The van der Waals surface area contributed by atoms with Crippen molar-refractivity contribution in [3.8, 4) is 0 Å². The Labute approximate surface area is 89.2 Å². The van der Waals surface area contributed by atoms with Gasteiger partial charge in [0, 0.05) is 11.1 Å². The monoisotopic (exact) mass is 212 g/mol. The first-order valence-corrected chi connectivity index (χ1v) is 4.69. The van der Waals surface area contributed by atoms with Gasteiger partial charge in [0.15, 0.2) is 0 Å². The van der Waals surface area contributed by atoms with E-state index in [2.05, 4.69) is 6.58 Å². The Morgan fingerprint density at radius 1 is 1.33 bits per heavy atom. The summed E-state index contributed by atoms with van der Waals surface area (Å²) in [6, 6.07) is 0. The number of carbonyl (C=O) groups is 2. The van der Waals surface area contributed by atoms with E-state index >= 15 is 0 Å². The first-order valence-electron chi connectivity index (χ1n) is 4.69. The third kappa shape index (κ3) is 5.00. The summed E-state index contributed by atoms with van der Waals surface area (Å²) in [7, 11) is 0. The van der Waals surface area contributed by atoms with Gasteiger partial charge < -0.3 is 9.84 Å². The van der Waals surface area contributed by atoms with E-state index in [9.17, 15) is 9.59 Å². The van der Waals surface area contributed by atoms with E-state index in [1.54, 1.807) is 6.08 Å². The molecule has 0 unspecified atom stereocenters. The van der Waals surface area contributed by atoms with E-state index in [0.29, 0.717) is 6.42 Å². The Balaban J connectivity index is 4.16. The predicted octanol–water partition coefficient (Wildman–Crippen LogP) is 1.92. The number of carbonyl (C=O) groups excluding carboxylic acids is 1. The standard InChI is InChI=1S/C11H16O4/c1-4-5-6-7-15-11(14)9(3)8(2)10(12)13/h4H,1,5-7H2,2-3H3,(H,12,13)/b9-8-. The Bertz CT molecular complexity index is 289. The van der Waals surface area contributed by atoms with Crippen LogP contribution in [0.25, 0.3) is 0 Å². The van der Waals surface area contributed by atoms with Crippen LogP contribution in [-0.2, 0) is 14.3 Å². The third-order valence-corrected chi connectivity index (χ3v) is 1.98. The van der Waals surface area contributed by atoms with Crippen molar-refractivity contribution in [1.29, 1.82) is 0 Å². The molecule has 0 aromatic heterocycles. The van der Waals surface area contributed by atoms with Crippen molar-refractivity contribution < 1.29 is 19.4 Å². The van der Waals surface area contributed by atoms with Gasteiger partial charge in [-0.25, -0.2) is 9.59 Å². The number of ether oxygens (including phenoxy) is 1. The first-order chi connectivity index (χ1) is 7.00. The molecule has 0 spiro atoms. The highest BCUT2D eigenvalue weighted by Gasteiger charge is 2.13. The van der Waals surface area contributed by atoms with Gasteiger partial charge in [-0.2, -0.15) is 0 Å². The molecule has 0 aromatic carbocycles. The zero-order chi connectivity index (χ0) is 11.8. The van der Waals surface area contributed by atoms with E-state index in [1.807, 2.05) is 0 Å². The highest BCUT2D eigenvalue weighted by molar-refractivity contribution is 5.98. The molecule has 0 fully saturated rings. The molecule has 4 heteroatoms. The van der Waals surface area contributed by atoms with Crippen molar-refractivity contribution in [1.82, 2.24) is 0 Å². The number of unbranched alkanes of at least 4 members (excludes halogenated alkanes) is 1. The second-order valence-electron chi connectivity index (χ2n) is 3.12. The zero-order valence-electron chi connectivity index (χ0n) is 9.08. The fourth-order valence-electron chi connectivity index (χ4n) is 0.814. The summed E-state index contributed by atoms with van der Waals surface area (Å²) in [5, 5.41) is 8.63. The van der Waals surface area contributed by atoms with Crippen molar-refractivity contribution in [3.63, 3.8) is 0 Å². The highest BCUT2D eigenvalue weighted by Crippen LogP contribution is 2.06. The van der Waals surface area contributed by atoms with Crippen LogP contribution in [-0.4, -0.2) is 23.7 Å². The number of carboxylic acids is 1. The largest absolute Gasteiger partial charge is 0.478 e. The maximum Gasteiger partial charge on any atom is 0.334 e. The Morgan fingerprint density at radius 2 is 1.93 bits per heavy atom. The summed E-state index contributed by atoms with van der Waals surface area (Å²) in [5.41, 5.74) is 0.157. The minimum absolute atomic E-state index is 0.0173. The van der Waals surface area contributed by atoms with Crippen molar-refractivity contribution in [2.75, 3.05) is 6.61 Å². The van der Waals surface area contributed by atoms with Crippen molar-refractivity contribution in [2.45, 2.75) is 26.7 Å². The lowest BCUT2D eigenvalue weighted by molar-refractivity contribution is -0.140. The van der Waals surface area contributed by atoms with Crippen molar-refractivity contribution >= 4 is 11.9 Å². The summed E-state index contributed by atoms with van der Waals surface area (Å²) in [4.78, 5) is 21.8. The number of aliphatic carboxylic acids is 1. The lowest BCUT2D eigenvalue weighted by Gasteiger charge is -2.05. The van der Waals surface area contributed by atoms with Gasteiger partial charge in [0.05, 0.1) is 6.61 Å². The zero-order valence-corrected chi connectivity index (χ0v) is 9.08. The lowest BCUT2D eigenvalue weighted by atomic mass is 10.1. The average molecular weight is 212 g/mol. The minimum Gasteiger partial charge on any atom is -0.478 e. The van der Waals surface area contributed by atoms with E-state index in [4.69, 9.17) is 9.84 Å². The van der Waals surface area contributed by atoms with E-state index < -0.39 is 11.9 Å². The van der Waals surface area contributed by atoms with Crippen LogP contribution in [0.3, 0.4) is 0 Å². The van der Waals surface area contributed by atoms with Gasteiger partial charge in [-0.1, -0.05) is 6.08 Å². The topological polar surface area (TPSA) is 63.6 Å². The highest BCUT2D eigenvalue weighted by atomic mass is 16.5. The van der Waals surface area contributed by atoms with Gasteiger partial charge >= 0.3 is 11.9 Å². The third-order valence-electron chi connectivity index (χ3n) is 1.98. The summed E-state index contributed by atoms with van der Waals surface area (Å²) >= 11 is 0. The molecule has 0 bridgehead atoms. The fraction of sp³-hybridized carbons (Fsp3) is 0.455. The summed E-state index contributed by atoms with van der Waals surface area (Å²) < 4.78 is 4.87. The molecule has 0 aliphatic heterocycles. The summed E-state index contributed by atoms with van der Waals surface area (Å²) in [6.45, 7) is 6.64. The molecule has 0 amide bonds. The Kier molecular flexibility index (Phi) is 6.09. The van der Waals surface area contributed by atoms with Crippen LogP contribution in [0, 0.1) is 0 Å². The number of allylic oxidation sites excluding steroid dienone is 1. The van der Waals surface area contributed by atoms with Crippen LogP contribution in [0.2, 0.25) is 0 Å². The van der Waals surface area contributed by atoms with Gasteiger partial charge in [0.25, 0.3) is 0 Å². The molecular weight excluding hydrogens is 196 g/mol. The molecular formula is C11H16O4. The molecule has 0 radical (unpaired) electrons. The van der Waals surface area contributed by atoms with Crippen LogP contribution >= 0.6 is 0 Å². The normalized spacial score (nSPS) is 11.6. The van der Waals surface area contributed by atoms with Crippen LogP contribution < -0.4 is 0 Å². The van der Waals surface area contributed by atoms with Gasteiger partial charge in [-0.15, -0.1) is 6.58 Å². The average Bonchev–Trinajstić information content (AvgIpc) is 2.21. The van der Waals surface area contributed by atoms with Gasteiger partial charge in [0.1, 0.15) is 0 Å². The SMILES string of the molecule is C=CCCCOC(=O)/C(C)=C(/C)C(=O)O. The van der Waals surface area contributed by atoms with Gasteiger partial charge in [-0.3, -0.25) is 0 Å². The smallest absolute Gasteiger partial charge is 0.334 e. The number of rotatable bonds is 6. The molecule has 0 aliphatic carbocycles. The molecule has 0 saturated heterocycles. The molecule has 0 atom stereocenters. The van der Waals surface area contributed by atoms with Crippen LogP contribution in [0.4, 0.5) is 0 Å². The van der Waals surface area contributed by atoms with E-state index in [1.165, 1.54) is 13.8 Å². The Morgan fingerprint density at radius 3 is 2.40 bits per heavy atom. The quantitative estimate of drug-likeness (QED) is 0.316. The fourth-order valence-corrected chi connectivity index (χ4v) is 0.814. The van der Waals surface area contributed by atoms with E-state index in [0.717, 1.165) is 6.42 Å². The molecule has 0 aliphatic rings. The summed E-state index contributed by atoms with van der Waals surface area (Å²) in [6.07, 6.45) is 3.21. The van der Waals surface area contributed by atoms with Crippen LogP contribution in [0.1, 0.15) is 26.7 Å². The molecule has 84 valence electrons. The number of hydrogen-bond donors (Lipinski definition) is 1. The molecule has 15 heavy (non-hydrogen) atoms. The molecule has 1 N–H and O–H groups in total. The number of hydrogen-bond acceptors (Lipinski definition) is 3. The number of esters is 1. The lowest BCUT2D eigenvalue weighted by Crippen LogP contribution is -2.11. The molecule has 0 aromatic rings. The summed E-state index contributed by atoms with van der Waals surface area (Å²) in [5.74, 6) is -1.67. The van der Waals surface area contributed by atoms with E-state index in [-0.39, 0.29) is 17.8 Å². The first kappa shape index (κ1) is 13.4. The van der Waals surface area contributed by atoms with Gasteiger partial charge in [0.2, 0.25) is 0 Å². The van der Waals surface area contributed by atoms with Crippen molar-refractivity contribution in [3.05, 3.63) is 23.8 Å². The number of carboxylic acid groups (broad SMARTS) is 1. The minimum atomic E-state index is -1.10. The van der Waals surface area contributed by atoms with Crippen LogP contribution in [0.5, 0.6) is 0 Å². The maximum atomic E-state index is 11.3. The molecule has 0 heterocycles. The second-order valence-corrected chi connectivity index (χ2v) is 3.12. The molecule has 0 saturated carbocycles. The maximum absolute atomic E-state index is 11.3. The Hall–Kier alpha value is -1.58. The van der Waals surface area contributed by atoms with Gasteiger partial charge in [-0.05, 0) is 26.7 Å². The second kappa shape index (κ2) is 6.81. The molecule has 0 rings (SSSR count). The van der Waals surface area contributed by atoms with Crippen LogP contribution in [0.15, 0.2) is 23.8 Å². The molecule has 4 nitrogen and oxygen atoms in total.